The normalized spacial score (nSPS) is 10.4. The molecule has 0 aromatic heterocycles. The standard InChI is InChI=1S/3C15H12O4.2Dy.H2O/c3*16-13(17)15(14(18)19,11-7-3-1-4-8-11)12-9-5-2-6-10-12;;;/h3*1-10H,(H,16,17)(H,18,19);;;1H2/q;;;2*+3;/p-6. The molecule has 6 aromatic carbocycles. The van der Waals surface area contributed by atoms with Gasteiger partial charge < -0.3 is 64.9 Å². The first-order valence-electron chi connectivity index (χ1n) is 16.9. The van der Waals surface area contributed by atoms with Crippen molar-refractivity contribution in [1.82, 2.24) is 0 Å². The maximum Gasteiger partial charge on any atom is 3.00 e. The number of carbonyl (C=O) groups is 6. The van der Waals surface area contributed by atoms with Gasteiger partial charge in [-0.1, -0.05) is 182 Å². The number of hydrogen-bond donors (Lipinski definition) is 0. The van der Waals surface area contributed by atoms with E-state index in [0.29, 0.717) is 0 Å². The van der Waals surface area contributed by atoms with Gasteiger partial charge in [-0.3, -0.25) is 0 Å². The number of carboxylic acids is 6. The van der Waals surface area contributed by atoms with Gasteiger partial charge in [-0.25, -0.2) is 0 Å². The van der Waals surface area contributed by atoms with Gasteiger partial charge in [0.15, 0.2) is 0 Å². The van der Waals surface area contributed by atoms with Gasteiger partial charge in [0.25, 0.3) is 0 Å². The van der Waals surface area contributed by atoms with Crippen molar-refractivity contribution in [2.24, 2.45) is 0 Å². The number of hydrogen-bond acceptors (Lipinski definition) is 12. The molecule has 13 nitrogen and oxygen atoms in total. The van der Waals surface area contributed by atoms with Crippen LogP contribution in [0.1, 0.15) is 33.4 Å². The van der Waals surface area contributed by atoms with Gasteiger partial charge in [0.2, 0.25) is 0 Å². The maximum absolute atomic E-state index is 11.5. The molecule has 0 aliphatic carbocycles. The van der Waals surface area contributed by atoms with E-state index in [0.717, 1.165) is 0 Å². The van der Waals surface area contributed by atoms with E-state index in [1.165, 1.54) is 72.8 Å². The molecule has 0 saturated carbocycles. The Morgan fingerprint density at radius 2 is 0.350 bits per heavy atom. The zero-order valence-electron chi connectivity index (χ0n) is 30.9. The van der Waals surface area contributed by atoms with Gasteiger partial charge in [-0.15, -0.1) is 0 Å². The molecule has 310 valence electrons. The molecule has 2 radical (unpaired) electrons. The number of carbonyl (C=O) groups excluding carboxylic acids is 6. The van der Waals surface area contributed by atoms with Gasteiger partial charge in [0.05, 0.1) is 52.1 Å². The van der Waals surface area contributed by atoms with Crippen molar-refractivity contribution in [3.63, 3.8) is 0 Å². The molecule has 0 spiro atoms. The average molecular weight is 1110 g/mol. The summed E-state index contributed by atoms with van der Waals surface area (Å²) in [5, 5.41) is 69.2. The van der Waals surface area contributed by atoms with Crippen LogP contribution in [0.2, 0.25) is 0 Å². The third-order valence-electron chi connectivity index (χ3n) is 9.08. The van der Waals surface area contributed by atoms with Crippen LogP contribution >= 0.6 is 0 Å². The summed E-state index contributed by atoms with van der Waals surface area (Å²) in [6, 6.07) is 46.0. The van der Waals surface area contributed by atoms with Crippen LogP contribution in [0, 0.1) is 76.3 Å². The third-order valence-corrected chi connectivity index (χ3v) is 9.08. The molecule has 0 atom stereocenters. The van der Waals surface area contributed by atoms with E-state index in [1.807, 2.05) is 0 Å². The molecule has 6 aromatic rings. The van der Waals surface area contributed by atoms with Crippen LogP contribution < -0.4 is 30.6 Å². The second kappa shape index (κ2) is 24.0. The first-order chi connectivity index (χ1) is 27.3. The summed E-state index contributed by atoms with van der Waals surface area (Å²) in [7, 11) is 0. The Hall–Kier alpha value is -5.35. The largest absolute Gasteiger partial charge is 3.00 e. The fourth-order valence-electron chi connectivity index (χ4n) is 6.29. The summed E-state index contributed by atoms with van der Waals surface area (Å²) >= 11 is 0. The van der Waals surface area contributed by atoms with Gasteiger partial charge >= 0.3 is 76.3 Å². The number of benzene rings is 6. The molecule has 60 heavy (non-hydrogen) atoms. The predicted octanol–water partition coefficient (Wildman–Crippen LogP) is -2.41. The summed E-state index contributed by atoms with van der Waals surface area (Å²) in [5.41, 5.74) is -6.32. The second-order valence-corrected chi connectivity index (χ2v) is 12.2. The van der Waals surface area contributed by atoms with Crippen LogP contribution in [0.15, 0.2) is 182 Å². The third kappa shape index (κ3) is 10.7. The Morgan fingerprint density at radius 1 is 0.250 bits per heavy atom. The van der Waals surface area contributed by atoms with Crippen LogP contribution in [0.3, 0.4) is 0 Å². The van der Waals surface area contributed by atoms with E-state index >= 15 is 0 Å². The molecular weight excluding hydrogens is 1070 g/mol. The number of rotatable bonds is 12. The molecular formula is C45H32Dy2O13. The van der Waals surface area contributed by atoms with Crippen LogP contribution in [0.25, 0.3) is 0 Å². The van der Waals surface area contributed by atoms with E-state index in [9.17, 15) is 59.4 Å². The van der Waals surface area contributed by atoms with Gasteiger partial charge in [-0.2, -0.15) is 0 Å². The Labute approximate surface area is 404 Å². The molecule has 0 bridgehead atoms. The molecule has 6 rings (SSSR count). The maximum atomic E-state index is 11.5. The summed E-state index contributed by atoms with van der Waals surface area (Å²) in [6.45, 7) is 0. The molecule has 0 saturated heterocycles. The van der Waals surface area contributed by atoms with Crippen LogP contribution in [-0.2, 0) is 45.0 Å². The Kier molecular flexibility index (Phi) is 21.1. The van der Waals surface area contributed by atoms with Crippen molar-refractivity contribution in [2.75, 3.05) is 0 Å². The molecule has 0 amide bonds. The van der Waals surface area contributed by atoms with Crippen LogP contribution in [0.4, 0.5) is 0 Å². The van der Waals surface area contributed by atoms with Crippen molar-refractivity contribution in [3.05, 3.63) is 215 Å². The summed E-state index contributed by atoms with van der Waals surface area (Å²) in [6.07, 6.45) is 0. The fraction of sp³-hybridized carbons (Fsp3) is 0.0667. The summed E-state index contributed by atoms with van der Waals surface area (Å²) in [4.78, 5) is 69.2. The zero-order chi connectivity index (χ0) is 41.6. The van der Waals surface area contributed by atoms with Crippen molar-refractivity contribution in [3.8, 4) is 0 Å². The van der Waals surface area contributed by atoms with Gasteiger partial charge in [0, 0.05) is 0 Å². The van der Waals surface area contributed by atoms with Gasteiger partial charge in [0.1, 0.15) is 0 Å². The van der Waals surface area contributed by atoms with E-state index in [4.69, 9.17) is 0 Å². The first-order valence-corrected chi connectivity index (χ1v) is 16.9. The Balaban J connectivity index is 0.000000439. The molecule has 15 heteroatoms. The fourth-order valence-corrected chi connectivity index (χ4v) is 6.29. The van der Waals surface area contributed by atoms with Crippen molar-refractivity contribution >= 4 is 35.8 Å². The van der Waals surface area contributed by atoms with E-state index in [-0.39, 0.29) is 115 Å². The topological polar surface area (TPSA) is 272 Å². The Bertz CT molecular complexity index is 1880. The minimum Gasteiger partial charge on any atom is -0.548 e. The summed E-state index contributed by atoms with van der Waals surface area (Å²) in [5.74, 6) is -10.3. The molecule has 0 aliphatic rings. The molecule has 0 aliphatic heterocycles. The molecule has 2 N–H and O–H groups in total. The van der Waals surface area contributed by atoms with Crippen molar-refractivity contribution < 1.29 is 141 Å². The average Bonchev–Trinajstić information content (AvgIpc) is 3.21. The quantitative estimate of drug-likeness (QED) is 0.116. The van der Waals surface area contributed by atoms with E-state index in [1.54, 1.807) is 109 Å². The second-order valence-electron chi connectivity index (χ2n) is 12.2. The minimum absolute atomic E-state index is 0. The monoisotopic (exact) mass is 1110 g/mol. The molecule has 0 unspecified atom stereocenters. The van der Waals surface area contributed by atoms with E-state index < -0.39 is 52.1 Å². The number of carboxylic acid groups (broad SMARTS) is 6. The molecule has 0 heterocycles. The number of aliphatic carboxylic acids is 6. The first kappa shape index (κ1) is 52.7. The smallest absolute Gasteiger partial charge is 0.548 e. The van der Waals surface area contributed by atoms with Crippen molar-refractivity contribution in [2.45, 2.75) is 16.2 Å². The SMILES string of the molecule is O.O=C([O-])C(C(=O)[O-])(c1ccccc1)c1ccccc1.O=C([O-])C(C(=O)[O-])(c1ccccc1)c1ccccc1.O=C([O-])C(C(=O)[O-])(c1ccccc1)c1ccccc1.[Dy+3].[Dy+3]. The Morgan fingerprint density at radius 3 is 0.433 bits per heavy atom. The van der Waals surface area contributed by atoms with Crippen LogP contribution in [-0.4, -0.2) is 41.3 Å². The van der Waals surface area contributed by atoms with Crippen molar-refractivity contribution in [1.29, 1.82) is 0 Å². The van der Waals surface area contributed by atoms with Gasteiger partial charge in [-0.05, 0) is 33.4 Å². The minimum atomic E-state index is -2.30. The summed E-state index contributed by atoms with van der Waals surface area (Å²) < 4.78 is 0. The molecule has 0 fully saturated rings. The van der Waals surface area contributed by atoms with Crippen LogP contribution in [0.5, 0.6) is 0 Å². The predicted molar refractivity (Wildman–Crippen MR) is 195 cm³/mol. The van der Waals surface area contributed by atoms with E-state index in [2.05, 4.69) is 0 Å². The zero-order valence-corrected chi connectivity index (χ0v) is 34.9.